The van der Waals surface area contributed by atoms with Crippen LogP contribution in [0.2, 0.25) is 0 Å². The smallest absolute Gasteiger partial charge is 0.243 e. The minimum absolute atomic E-state index is 0.0411. The highest BCUT2D eigenvalue weighted by atomic mass is 32.2. The molecule has 0 radical (unpaired) electrons. The molecule has 41 heavy (non-hydrogen) atoms. The lowest BCUT2D eigenvalue weighted by molar-refractivity contribution is 0.198. The lowest BCUT2D eigenvalue weighted by atomic mass is 10.1. The van der Waals surface area contributed by atoms with Gasteiger partial charge in [-0.2, -0.15) is 5.26 Å². The molecule has 2 aromatic heterocycles. The summed E-state index contributed by atoms with van der Waals surface area (Å²) in [5, 5.41) is 28.3. The van der Waals surface area contributed by atoms with Crippen molar-refractivity contribution >= 4 is 25.8 Å². The normalized spacial score (nSPS) is 12.4. The summed E-state index contributed by atoms with van der Waals surface area (Å²) in [6.45, 7) is 1.83. The molecule has 0 aliphatic heterocycles. The standard InChI is InChI=1S/C26H26N6O7S2/c1-16-10-18(14-28-13-16)25-29-30-26(32(25)24-21(38-2)6-5-7-22(24)39-3)31-41(36,37)15-20(33)19-9-8-17(12-27)11-23(19)40(4,34)35/h5-11,13-14,20,33H,15H2,1-4H3,(H,30,31)/t20-/m1/s1. The molecule has 0 aliphatic carbocycles. The largest absolute Gasteiger partial charge is 0.494 e. The molecule has 0 saturated heterocycles. The maximum Gasteiger partial charge on any atom is 0.243 e. The fraction of sp³-hybridized carbons (Fsp3) is 0.231. The van der Waals surface area contributed by atoms with Crippen LogP contribution in [0.5, 0.6) is 11.5 Å². The molecule has 2 heterocycles. The van der Waals surface area contributed by atoms with E-state index in [1.165, 1.54) is 37.1 Å². The number of nitrogens with one attached hydrogen (secondary N) is 1. The molecule has 0 aliphatic rings. The third kappa shape index (κ3) is 6.30. The predicted octanol–water partition coefficient (Wildman–Crippen LogP) is 2.41. The van der Waals surface area contributed by atoms with E-state index in [9.17, 15) is 21.9 Å². The van der Waals surface area contributed by atoms with Crippen LogP contribution >= 0.6 is 0 Å². The first-order chi connectivity index (χ1) is 19.4. The van der Waals surface area contributed by atoms with Crippen molar-refractivity contribution in [2.45, 2.75) is 17.9 Å². The lowest BCUT2D eigenvalue weighted by Gasteiger charge is -2.19. The Labute approximate surface area is 237 Å². The molecule has 0 unspecified atom stereocenters. The van der Waals surface area contributed by atoms with Crippen LogP contribution in [0.1, 0.15) is 22.8 Å². The summed E-state index contributed by atoms with van der Waals surface area (Å²) in [4.78, 5) is 3.84. The summed E-state index contributed by atoms with van der Waals surface area (Å²) in [5.74, 6) is -0.323. The van der Waals surface area contributed by atoms with E-state index >= 15 is 0 Å². The first kappa shape index (κ1) is 29.5. The summed E-state index contributed by atoms with van der Waals surface area (Å²) in [6, 6.07) is 12.2. The zero-order valence-electron chi connectivity index (χ0n) is 22.4. The highest BCUT2D eigenvalue weighted by Gasteiger charge is 2.29. The number of para-hydroxylation sites is 1. The molecule has 4 aromatic rings. The van der Waals surface area contributed by atoms with E-state index in [1.54, 1.807) is 30.5 Å². The molecule has 15 heteroatoms. The van der Waals surface area contributed by atoms with Gasteiger partial charge in [0.05, 0.1) is 42.6 Å². The van der Waals surface area contributed by atoms with Gasteiger partial charge in [0.15, 0.2) is 15.7 Å². The van der Waals surface area contributed by atoms with Gasteiger partial charge in [-0.25, -0.2) is 16.8 Å². The fourth-order valence-corrected chi connectivity index (χ4v) is 6.22. The first-order valence-corrected chi connectivity index (χ1v) is 15.4. The Morgan fingerprint density at radius 1 is 1.05 bits per heavy atom. The quantitative estimate of drug-likeness (QED) is 0.273. The first-order valence-electron chi connectivity index (χ1n) is 11.9. The number of aromatic nitrogens is 4. The van der Waals surface area contributed by atoms with Crippen LogP contribution in [-0.4, -0.2) is 67.9 Å². The molecule has 214 valence electrons. The molecule has 0 saturated carbocycles. The number of aryl methyl sites for hydroxylation is 1. The van der Waals surface area contributed by atoms with Crippen LogP contribution in [0.3, 0.4) is 0 Å². The Morgan fingerprint density at radius 3 is 2.32 bits per heavy atom. The van der Waals surface area contributed by atoms with Gasteiger partial charge in [0.2, 0.25) is 16.0 Å². The summed E-state index contributed by atoms with van der Waals surface area (Å²) >= 11 is 0. The number of hydrogen-bond donors (Lipinski definition) is 2. The van der Waals surface area contributed by atoms with Crippen LogP contribution in [0.4, 0.5) is 5.95 Å². The van der Waals surface area contributed by atoms with E-state index in [1.807, 2.05) is 13.0 Å². The third-order valence-corrected chi connectivity index (χ3v) is 8.35. The van der Waals surface area contributed by atoms with Crippen LogP contribution < -0.4 is 14.2 Å². The average Bonchev–Trinajstić information content (AvgIpc) is 3.33. The van der Waals surface area contributed by atoms with Crippen molar-refractivity contribution in [1.29, 1.82) is 5.26 Å². The van der Waals surface area contributed by atoms with Crippen LogP contribution in [0, 0.1) is 18.3 Å². The Morgan fingerprint density at radius 2 is 1.73 bits per heavy atom. The van der Waals surface area contributed by atoms with Crippen molar-refractivity contribution in [2.24, 2.45) is 0 Å². The molecule has 1 atom stereocenters. The highest BCUT2D eigenvalue weighted by molar-refractivity contribution is 7.92. The van der Waals surface area contributed by atoms with Crippen molar-refractivity contribution in [3.63, 3.8) is 0 Å². The van der Waals surface area contributed by atoms with Crippen molar-refractivity contribution < 1.29 is 31.4 Å². The third-order valence-electron chi connectivity index (χ3n) is 5.95. The Balaban J connectivity index is 1.81. The molecule has 0 fully saturated rings. The molecule has 0 spiro atoms. The van der Waals surface area contributed by atoms with Gasteiger partial charge in [-0.1, -0.05) is 12.1 Å². The minimum atomic E-state index is -4.39. The summed E-state index contributed by atoms with van der Waals surface area (Å²) < 4.78 is 66.1. The Kier molecular flexibility index (Phi) is 8.29. The number of nitrogens with zero attached hydrogens (tertiary/aromatic N) is 5. The number of ether oxygens (including phenoxy) is 2. The number of anilines is 1. The summed E-state index contributed by atoms with van der Waals surface area (Å²) in [5.41, 5.74) is 1.50. The second-order valence-corrected chi connectivity index (χ2v) is 12.7. The number of aliphatic hydroxyl groups excluding tert-OH is 1. The van der Waals surface area contributed by atoms with Gasteiger partial charge < -0.3 is 14.6 Å². The van der Waals surface area contributed by atoms with Crippen LogP contribution in [0.25, 0.3) is 17.1 Å². The number of pyridine rings is 1. The van der Waals surface area contributed by atoms with Gasteiger partial charge in [-0.05, 0) is 42.8 Å². The van der Waals surface area contributed by atoms with Crippen molar-refractivity contribution in [2.75, 3.05) is 31.0 Å². The SMILES string of the molecule is COc1cccc(OC)c1-n1c(NS(=O)(=O)C[C@@H](O)c2ccc(C#N)cc2S(C)(=O)=O)nnc1-c1cncc(C)c1. The number of nitriles is 1. The molecular formula is C26H26N6O7S2. The summed E-state index contributed by atoms with van der Waals surface area (Å²) in [7, 11) is -5.41. The second-order valence-electron chi connectivity index (χ2n) is 8.98. The molecule has 0 bridgehead atoms. The van der Waals surface area contributed by atoms with Gasteiger partial charge in [-0.3, -0.25) is 14.3 Å². The van der Waals surface area contributed by atoms with E-state index in [-0.39, 0.29) is 27.8 Å². The molecule has 0 amide bonds. The van der Waals surface area contributed by atoms with Gasteiger partial charge in [-0.15, -0.1) is 10.2 Å². The molecular weight excluding hydrogens is 572 g/mol. The topological polar surface area (TPSA) is 186 Å². The Bertz CT molecular complexity index is 1840. The zero-order chi connectivity index (χ0) is 29.9. The number of methoxy groups -OCH3 is 2. The van der Waals surface area contributed by atoms with Gasteiger partial charge in [0, 0.05) is 29.8 Å². The fourth-order valence-electron chi connectivity index (χ4n) is 4.16. The zero-order valence-corrected chi connectivity index (χ0v) is 24.1. The summed E-state index contributed by atoms with van der Waals surface area (Å²) in [6.07, 6.45) is 2.32. The monoisotopic (exact) mass is 598 g/mol. The molecule has 13 nitrogen and oxygen atoms in total. The van der Waals surface area contributed by atoms with Crippen LogP contribution in [0.15, 0.2) is 59.8 Å². The van der Waals surface area contributed by atoms with Crippen molar-refractivity contribution in [3.05, 3.63) is 71.5 Å². The predicted molar refractivity (Wildman–Crippen MR) is 149 cm³/mol. The van der Waals surface area contributed by atoms with E-state index in [0.29, 0.717) is 22.7 Å². The molecule has 2 aromatic carbocycles. The Hall–Kier alpha value is -4.52. The number of aliphatic hydroxyl groups is 1. The van der Waals surface area contributed by atoms with E-state index < -0.39 is 31.7 Å². The van der Waals surface area contributed by atoms with E-state index in [4.69, 9.17) is 14.7 Å². The van der Waals surface area contributed by atoms with E-state index in [2.05, 4.69) is 19.9 Å². The van der Waals surface area contributed by atoms with Crippen molar-refractivity contribution in [3.8, 4) is 34.6 Å². The highest BCUT2D eigenvalue weighted by Crippen LogP contribution is 2.38. The number of sulfonamides is 1. The van der Waals surface area contributed by atoms with E-state index in [0.717, 1.165) is 17.9 Å². The molecule has 2 N–H and O–H groups in total. The van der Waals surface area contributed by atoms with Crippen molar-refractivity contribution in [1.82, 2.24) is 19.7 Å². The van der Waals surface area contributed by atoms with Crippen LogP contribution in [-0.2, 0) is 19.9 Å². The number of benzene rings is 2. The van der Waals surface area contributed by atoms with Gasteiger partial charge in [0.1, 0.15) is 17.2 Å². The average molecular weight is 599 g/mol. The maximum absolute atomic E-state index is 13.3. The molecule has 4 rings (SSSR count). The minimum Gasteiger partial charge on any atom is -0.494 e. The number of rotatable bonds is 10. The number of sulfone groups is 1. The van der Waals surface area contributed by atoms with Gasteiger partial charge >= 0.3 is 0 Å². The number of hydrogen-bond acceptors (Lipinski definition) is 11. The second kappa shape index (κ2) is 11.5. The maximum atomic E-state index is 13.3. The van der Waals surface area contributed by atoms with Gasteiger partial charge in [0.25, 0.3) is 0 Å². The lowest BCUT2D eigenvalue weighted by Crippen LogP contribution is -2.24.